The van der Waals surface area contributed by atoms with Crippen LogP contribution in [0.15, 0.2) is 24.5 Å². The first-order valence-corrected chi connectivity index (χ1v) is 6.12. The Morgan fingerprint density at radius 1 is 1.40 bits per heavy atom. The quantitative estimate of drug-likeness (QED) is 0.652. The molecule has 2 N–H and O–H groups in total. The number of aromatic nitrogens is 3. The molecular formula is C13H16N4O3. The number of rotatable bonds is 5. The molecule has 0 bridgehead atoms. The molecule has 0 atom stereocenters. The first-order valence-electron chi connectivity index (χ1n) is 6.12. The Hall–Kier alpha value is -2.57. The standard InChI is InChI=1S/C13H16N4O3/c1-3-17-12(15-8-16-17)7-20-13(18)9-4-10(14)6-11(5-9)19-2/h4-6,8H,3,7,14H2,1-2H3. The summed E-state index contributed by atoms with van der Waals surface area (Å²) < 4.78 is 11.9. The highest BCUT2D eigenvalue weighted by Crippen LogP contribution is 2.19. The van der Waals surface area contributed by atoms with Crippen LogP contribution in [-0.2, 0) is 17.9 Å². The molecule has 0 amide bonds. The molecular weight excluding hydrogens is 260 g/mol. The van der Waals surface area contributed by atoms with Gasteiger partial charge in [0.25, 0.3) is 0 Å². The van der Waals surface area contributed by atoms with Crippen LogP contribution in [0.3, 0.4) is 0 Å². The van der Waals surface area contributed by atoms with Crippen LogP contribution in [0, 0.1) is 0 Å². The van der Waals surface area contributed by atoms with Gasteiger partial charge in [0.2, 0.25) is 0 Å². The first-order chi connectivity index (χ1) is 9.63. The fraction of sp³-hybridized carbons (Fsp3) is 0.308. The van der Waals surface area contributed by atoms with Crippen LogP contribution in [0.1, 0.15) is 23.1 Å². The van der Waals surface area contributed by atoms with Crippen molar-refractivity contribution in [2.24, 2.45) is 0 Å². The van der Waals surface area contributed by atoms with Crippen molar-refractivity contribution >= 4 is 11.7 Å². The summed E-state index contributed by atoms with van der Waals surface area (Å²) in [7, 11) is 1.51. The maximum Gasteiger partial charge on any atom is 0.338 e. The van der Waals surface area contributed by atoms with Crippen LogP contribution in [0.2, 0.25) is 0 Å². The van der Waals surface area contributed by atoms with Crippen LogP contribution in [-0.4, -0.2) is 27.8 Å². The summed E-state index contributed by atoms with van der Waals surface area (Å²) in [5, 5.41) is 4.00. The normalized spacial score (nSPS) is 10.3. The van der Waals surface area contributed by atoms with Gasteiger partial charge in [0.15, 0.2) is 12.4 Å². The highest BCUT2D eigenvalue weighted by Gasteiger charge is 2.12. The number of esters is 1. The minimum absolute atomic E-state index is 0.0593. The molecule has 2 rings (SSSR count). The molecule has 0 aliphatic rings. The van der Waals surface area contributed by atoms with Crippen molar-refractivity contribution < 1.29 is 14.3 Å². The summed E-state index contributed by atoms with van der Waals surface area (Å²) in [6, 6.07) is 4.74. The third kappa shape index (κ3) is 3.05. The number of aryl methyl sites for hydroxylation is 1. The fourth-order valence-corrected chi connectivity index (χ4v) is 1.74. The van der Waals surface area contributed by atoms with Gasteiger partial charge in [-0.1, -0.05) is 0 Å². The Kier molecular flexibility index (Phi) is 4.19. The molecule has 0 fully saturated rings. The highest BCUT2D eigenvalue weighted by molar-refractivity contribution is 5.91. The van der Waals surface area contributed by atoms with E-state index >= 15 is 0 Å². The van der Waals surface area contributed by atoms with Gasteiger partial charge in [-0.3, -0.25) is 0 Å². The largest absolute Gasteiger partial charge is 0.497 e. The number of nitrogens with two attached hydrogens (primary N) is 1. The second kappa shape index (κ2) is 6.05. The van der Waals surface area contributed by atoms with Gasteiger partial charge < -0.3 is 15.2 Å². The zero-order valence-electron chi connectivity index (χ0n) is 11.4. The van der Waals surface area contributed by atoms with Crippen LogP contribution in [0.25, 0.3) is 0 Å². The van der Waals surface area contributed by atoms with Crippen molar-refractivity contribution in [1.29, 1.82) is 0 Å². The van der Waals surface area contributed by atoms with E-state index in [4.69, 9.17) is 15.2 Å². The van der Waals surface area contributed by atoms with E-state index in [1.165, 1.54) is 19.5 Å². The fourth-order valence-electron chi connectivity index (χ4n) is 1.74. The number of hydrogen-bond donors (Lipinski definition) is 1. The molecule has 0 radical (unpaired) electrons. The van der Waals surface area contributed by atoms with Gasteiger partial charge in [-0.2, -0.15) is 5.10 Å². The molecule has 20 heavy (non-hydrogen) atoms. The molecule has 0 aliphatic heterocycles. The second-order valence-electron chi connectivity index (χ2n) is 4.06. The Morgan fingerprint density at radius 3 is 2.90 bits per heavy atom. The number of anilines is 1. The number of ether oxygens (including phenoxy) is 2. The summed E-state index contributed by atoms with van der Waals surface area (Å²) in [4.78, 5) is 16.0. The van der Waals surface area contributed by atoms with Crippen molar-refractivity contribution in [1.82, 2.24) is 14.8 Å². The number of carbonyl (C=O) groups is 1. The molecule has 0 spiro atoms. The molecule has 7 heteroatoms. The van der Waals surface area contributed by atoms with Crippen molar-refractivity contribution in [3.8, 4) is 5.75 Å². The van der Waals surface area contributed by atoms with E-state index in [1.54, 1.807) is 16.8 Å². The van der Waals surface area contributed by atoms with Gasteiger partial charge in [-0.05, 0) is 19.1 Å². The predicted molar refractivity (Wildman–Crippen MR) is 72.2 cm³/mol. The minimum Gasteiger partial charge on any atom is -0.497 e. The summed E-state index contributed by atoms with van der Waals surface area (Å²) in [6.45, 7) is 2.66. The van der Waals surface area contributed by atoms with Crippen LogP contribution < -0.4 is 10.5 Å². The molecule has 106 valence electrons. The van der Waals surface area contributed by atoms with Crippen molar-refractivity contribution in [2.45, 2.75) is 20.1 Å². The Morgan fingerprint density at radius 2 is 2.20 bits per heavy atom. The monoisotopic (exact) mass is 276 g/mol. The van der Waals surface area contributed by atoms with Gasteiger partial charge >= 0.3 is 5.97 Å². The van der Waals surface area contributed by atoms with E-state index in [0.717, 1.165) is 0 Å². The Balaban J connectivity index is 2.07. The smallest absolute Gasteiger partial charge is 0.338 e. The second-order valence-corrected chi connectivity index (χ2v) is 4.06. The van der Waals surface area contributed by atoms with Gasteiger partial charge in [-0.15, -0.1) is 0 Å². The van der Waals surface area contributed by atoms with Gasteiger partial charge in [0, 0.05) is 18.3 Å². The van der Waals surface area contributed by atoms with E-state index in [9.17, 15) is 4.79 Å². The van der Waals surface area contributed by atoms with Crippen molar-refractivity contribution in [2.75, 3.05) is 12.8 Å². The van der Waals surface area contributed by atoms with Crippen LogP contribution in [0.4, 0.5) is 5.69 Å². The maximum absolute atomic E-state index is 12.0. The summed E-state index contributed by atoms with van der Waals surface area (Å²) in [6.07, 6.45) is 1.43. The predicted octanol–water partition coefficient (Wildman–Crippen LogP) is 1.25. The Bertz CT molecular complexity index is 609. The van der Waals surface area contributed by atoms with Crippen LogP contribution >= 0.6 is 0 Å². The zero-order valence-corrected chi connectivity index (χ0v) is 11.4. The van der Waals surface area contributed by atoms with E-state index in [0.29, 0.717) is 29.4 Å². The number of hydrogen-bond acceptors (Lipinski definition) is 6. The molecule has 7 nitrogen and oxygen atoms in total. The SMILES string of the molecule is CCn1ncnc1COC(=O)c1cc(N)cc(OC)c1. The number of benzene rings is 1. The molecule has 0 unspecified atom stereocenters. The topological polar surface area (TPSA) is 92.3 Å². The van der Waals surface area contributed by atoms with E-state index < -0.39 is 5.97 Å². The molecule has 1 aromatic heterocycles. The lowest BCUT2D eigenvalue weighted by Crippen LogP contribution is -2.10. The van der Waals surface area contributed by atoms with E-state index in [-0.39, 0.29) is 6.61 Å². The average molecular weight is 276 g/mol. The average Bonchev–Trinajstić information content (AvgIpc) is 2.91. The maximum atomic E-state index is 12.0. The molecule has 0 aliphatic carbocycles. The van der Waals surface area contributed by atoms with Crippen molar-refractivity contribution in [3.63, 3.8) is 0 Å². The Labute approximate surface area is 116 Å². The third-order valence-electron chi connectivity index (χ3n) is 2.73. The van der Waals surface area contributed by atoms with Gasteiger partial charge in [0.1, 0.15) is 12.1 Å². The van der Waals surface area contributed by atoms with Crippen LogP contribution in [0.5, 0.6) is 5.75 Å². The lowest BCUT2D eigenvalue weighted by atomic mass is 10.2. The number of nitrogens with zero attached hydrogens (tertiary/aromatic N) is 3. The van der Waals surface area contributed by atoms with Crippen molar-refractivity contribution in [3.05, 3.63) is 35.9 Å². The molecule has 1 aromatic carbocycles. The first kappa shape index (κ1) is 13.9. The summed E-state index contributed by atoms with van der Waals surface area (Å²) in [5.74, 6) is 0.617. The molecule has 0 saturated carbocycles. The van der Waals surface area contributed by atoms with E-state index in [2.05, 4.69) is 10.1 Å². The zero-order chi connectivity index (χ0) is 14.5. The third-order valence-corrected chi connectivity index (χ3v) is 2.73. The number of nitrogen functional groups attached to an aromatic ring is 1. The summed E-state index contributed by atoms with van der Waals surface area (Å²) in [5.41, 5.74) is 6.47. The highest BCUT2D eigenvalue weighted by atomic mass is 16.5. The molecule has 1 heterocycles. The number of carbonyl (C=O) groups excluding carboxylic acids is 1. The minimum atomic E-state index is -0.485. The lowest BCUT2D eigenvalue weighted by Gasteiger charge is -2.07. The van der Waals surface area contributed by atoms with E-state index in [1.807, 2.05) is 6.92 Å². The lowest BCUT2D eigenvalue weighted by molar-refractivity contribution is 0.0456. The number of methoxy groups -OCH3 is 1. The summed E-state index contributed by atoms with van der Waals surface area (Å²) >= 11 is 0. The molecule has 0 saturated heterocycles. The van der Waals surface area contributed by atoms with Gasteiger partial charge in [-0.25, -0.2) is 14.5 Å². The molecule has 2 aromatic rings. The van der Waals surface area contributed by atoms with Gasteiger partial charge in [0.05, 0.1) is 12.7 Å².